The Kier molecular flexibility index (Phi) is 7.27. The summed E-state index contributed by atoms with van der Waals surface area (Å²) in [5, 5.41) is 2.92. The topological polar surface area (TPSA) is 65.1 Å². The highest BCUT2D eigenvalue weighted by Crippen LogP contribution is 2.22. The average Bonchev–Trinajstić information content (AvgIpc) is 2.85. The highest BCUT2D eigenvalue weighted by atomic mass is 16.5. The summed E-state index contributed by atoms with van der Waals surface area (Å²) in [6, 6.07) is 17.7. The standard InChI is InChI=1S/C25H32N4O3/c1-27(18-20-9-11-23(12-10-20)28-14-16-32-17-15-28)24(30)21-6-5-13-29(19-21)25(31)26-22-7-3-2-4-8-22/h2-4,7-12,21H,5-6,13-19H2,1H3,(H,26,31)/t21-/m1/s1. The van der Waals surface area contributed by atoms with Crippen molar-refractivity contribution in [1.29, 1.82) is 0 Å². The number of urea groups is 1. The quantitative estimate of drug-likeness (QED) is 0.780. The lowest BCUT2D eigenvalue weighted by molar-refractivity contribution is -0.136. The Morgan fingerprint density at radius 1 is 1.03 bits per heavy atom. The molecule has 0 bridgehead atoms. The zero-order chi connectivity index (χ0) is 22.3. The Bertz CT molecular complexity index is 897. The summed E-state index contributed by atoms with van der Waals surface area (Å²) in [6.45, 7) is 5.05. The van der Waals surface area contributed by atoms with Crippen LogP contribution < -0.4 is 10.2 Å². The molecular weight excluding hydrogens is 404 g/mol. The smallest absolute Gasteiger partial charge is 0.321 e. The molecule has 32 heavy (non-hydrogen) atoms. The molecule has 0 spiro atoms. The number of anilines is 2. The van der Waals surface area contributed by atoms with Gasteiger partial charge in [0.05, 0.1) is 19.1 Å². The third-order valence-corrected chi connectivity index (χ3v) is 6.19. The van der Waals surface area contributed by atoms with Crippen molar-refractivity contribution in [2.45, 2.75) is 19.4 Å². The first kappa shape index (κ1) is 22.1. The summed E-state index contributed by atoms with van der Waals surface area (Å²) in [6.07, 6.45) is 1.65. The molecule has 170 valence electrons. The highest BCUT2D eigenvalue weighted by molar-refractivity contribution is 5.90. The molecule has 2 saturated heterocycles. The summed E-state index contributed by atoms with van der Waals surface area (Å²) >= 11 is 0. The van der Waals surface area contributed by atoms with E-state index in [1.807, 2.05) is 37.4 Å². The first-order valence-corrected chi connectivity index (χ1v) is 11.4. The van der Waals surface area contributed by atoms with Gasteiger partial charge in [-0.2, -0.15) is 0 Å². The number of piperidine rings is 1. The Morgan fingerprint density at radius 3 is 2.47 bits per heavy atom. The van der Waals surface area contributed by atoms with Crippen LogP contribution in [0.25, 0.3) is 0 Å². The summed E-state index contributed by atoms with van der Waals surface area (Å²) in [5.74, 6) is -0.0673. The summed E-state index contributed by atoms with van der Waals surface area (Å²) in [5.41, 5.74) is 3.06. The van der Waals surface area contributed by atoms with Crippen LogP contribution in [0.3, 0.4) is 0 Å². The predicted molar refractivity (Wildman–Crippen MR) is 126 cm³/mol. The third kappa shape index (κ3) is 5.59. The van der Waals surface area contributed by atoms with E-state index in [0.717, 1.165) is 50.4 Å². The van der Waals surface area contributed by atoms with Gasteiger partial charge in [-0.15, -0.1) is 0 Å². The van der Waals surface area contributed by atoms with Gasteiger partial charge in [0, 0.05) is 51.1 Å². The molecule has 2 aliphatic rings. The van der Waals surface area contributed by atoms with E-state index < -0.39 is 0 Å². The van der Waals surface area contributed by atoms with Crippen LogP contribution in [0.1, 0.15) is 18.4 Å². The van der Waals surface area contributed by atoms with Crippen molar-refractivity contribution in [2.24, 2.45) is 5.92 Å². The average molecular weight is 437 g/mol. The van der Waals surface area contributed by atoms with Gasteiger partial charge in [0.2, 0.25) is 5.91 Å². The van der Waals surface area contributed by atoms with Crippen LogP contribution in [0, 0.1) is 5.92 Å². The Hall–Kier alpha value is -3.06. The zero-order valence-corrected chi connectivity index (χ0v) is 18.7. The normalized spacial score (nSPS) is 18.8. The van der Waals surface area contributed by atoms with Gasteiger partial charge in [0.1, 0.15) is 0 Å². The number of nitrogens with zero attached hydrogens (tertiary/aromatic N) is 3. The number of para-hydroxylation sites is 1. The lowest BCUT2D eigenvalue weighted by atomic mass is 9.96. The summed E-state index contributed by atoms with van der Waals surface area (Å²) in [4.78, 5) is 31.6. The highest BCUT2D eigenvalue weighted by Gasteiger charge is 2.30. The fourth-order valence-electron chi connectivity index (χ4n) is 4.38. The van der Waals surface area contributed by atoms with E-state index in [9.17, 15) is 9.59 Å². The summed E-state index contributed by atoms with van der Waals surface area (Å²) in [7, 11) is 1.85. The minimum Gasteiger partial charge on any atom is -0.378 e. The molecule has 4 rings (SSSR count). The number of hydrogen-bond acceptors (Lipinski definition) is 4. The van der Waals surface area contributed by atoms with E-state index in [1.165, 1.54) is 5.69 Å². The lowest BCUT2D eigenvalue weighted by Gasteiger charge is -2.34. The fraction of sp³-hybridized carbons (Fsp3) is 0.440. The van der Waals surface area contributed by atoms with Gasteiger partial charge in [0.25, 0.3) is 0 Å². The molecule has 0 aliphatic carbocycles. The molecule has 2 aromatic rings. The van der Waals surface area contributed by atoms with E-state index in [4.69, 9.17) is 4.74 Å². The van der Waals surface area contributed by atoms with E-state index in [-0.39, 0.29) is 17.9 Å². The zero-order valence-electron chi connectivity index (χ0n) is 18.7. The number of ether oxygens (including phenoxy) is 1. The van der Waals surface area contributed by atoms with Crippen molar-refractivity contribution in [3.8, 4) is 0 Å². The van der Waals surface area contributed by atoms with Crippen LogP contribution in [-0.2, 0) is 16.1 Å². The van der Waals surface area contributed by atoms with Crippen LogP contribution in [-0.4, -0.2) is 68.2 Å². The first-order chi connectivity index (χ1) is 15.6. The second-order valence-electron chi connectivity index (χ2n) is 8.54. The number of benzene rings is 2. The maximum atomic E-state index is 13.1. The molecule has 0 aromatic heterocycles. The van der Waals surface area contributed by atoms with Crippen molar-refractivity contribution in [3.63, 3.8) is 0 Å². The SMILES string of the molecule is CN(Cc1ccc(N2CCOCC2)cc1)C(=O)[C@@H]1CCCN(C(=O)Nc2ccccc2)C1. The third-order valence-electron chi connectivity index (χ3n) is 6.19. The second-order valence-corrected chi connectivity index (χ2v) is 8.54. The molecule has 7 nitrogen and oxygen atoms in total. The number of amides is 3. The molecule has 1 N–H and O–H groups in total. The number of carbonyl (C=O) groups is 2. The van der Waals surface area contributed by atoms with Gasteiger partial charge in [-0.3, -0.25) is 4.79 Å². The molecule has 3 amide bonds. The van der Waals surface area contributed by atoms with Crippen LogP contribution in [0.5, 0.6) is 0 Å². The maximum absolute atomic E-state index is 13.1. The second kappa shape index (κ2) is 10.5. The van der Waals surface area contributed by atoms with Crippen molar-refractivity contribution in [3.05, 3.63) is 60.2 Å². The van der Waals surface area contributed by atoms with Crippen LogP contribution in [0.15, 0.2) is 54.6 Å². The molecule has 2 heterocycles. The van der Waals surface area contributed by atoms with Crippen LogP contribution >= 0.6 is 0 Å². The van der Waals surface area contributed by atoms with Gasteiger partial charge in [0.15, 0.2) is 0 Å². The monoisotopic (exact) mass is 436 g/mol. The van der Waals surface area contributed by atoms with Crippen LogP contribution in [0.2, 0.25) is 0 Å². The number of rotatable bonds is 5. The molecule has 0 saturated carbocycles. The Morgan fingerprint density at radius 2 is 1.75 bits per heavy atom. The molecule has 0 unspecified atom stereocenters. The number of carbonyl (C=O) groups excluding carboxylic acids is 2. The Balaban J connectivity index is 1.30. The number of nitrogens with one attached hydrogen (secondary N) is 1. The van der Waals surface area contributed by atoms with Crippen molar-refractivity contribution >= 4 is 23.3 Å². The number of morpholine rings is 1. The molecule has 2 aliphatic heterocycles. The minimum atomic E-state index is -0.164. The van der Waals surface area contributed by atoms with Gasteiger partial charge in [-0.1, -0.05) is 30.3 Å². The number of likely N-dealkylation sites (tertiary alicyclic amines) is 1. The van der Waals surface area contributed by atoms with E-state index in [1.54, 1.807) is 9.80 Å². The lowest BCUT2D eigenvalue weighted by Crippen LogP contribution is -2.47. The molecule has 1 atom stereocenters. The first-order valence-electron chi connectivity index (χ1n) is 11.4. The van der Waals surface area contributed by atoms with Gasteiger partial charge < -0.3 is 24.8 Å². The minimum absolute atomic E-state index is 0.0967. The molecule has 2 fully saturated rings. The number of hydrogen-bond donors (Lipinski definition) is 1. The van der Waals surface area contributed by atoms with E-state index in [2.05, 4.69) is 34.5 Å². The fourth-order valence-corrected chi connectivity index (χ4v) is 4.38. The van der Waals surface area contributed by atoms with Crippen molar-refractivity contribution in [1.82, 2.24) is 9.80 Å². The molecule has 2 aromatic carbocycles. The summed E-state index contributed by atoms with van der Waals surface area (Å²) < 4.78 is 5.42. The molecule has 7 heteroatoms. The van der Waals surface area contributed by atoms with Crippen molar-refractivity contribution in [2.75, 3.05) is 56.7 Å². The Labute approximate surface area is 189 Å². The van der Waals surface area contributed by atoms with E-state index in [0.29, 0.717) is 19.6 Å². The van der Waals surface area contributed by atoms with E-state index >= 15 is 0 Å². The van der Waals surface area contributed by atoms with Gasteiger partial charge >= 0.3 is 6.03 Å². The van der Waals surface area contributed by atoms with Gasteiger partial charge in [-0.05, 0) is 42.7 Å². The van der Waals surface area contributed by atoms with Crippen LogP contribution in [0.4, 0.5) is 16.2 Å². The molecule has 0 radical (unpaired) electrons. The largest absolute Gasteiger partial charge is 0.378 e. The maximum Gasteiger partial charge on any atom is 0.321 e. The predicted octanol–water partition coefficient (Wildman–Crippen LogP) is 3.43. The van der Waals surface area contributed by atoms with Gasteiger partial charge in [-0.25, -0.2) is 4.79 Å². The molecular formula is C25H32N4O3. The van der Waals surface area contributed by atoms with Crippen molar-refractivity contribution < 1.29 is 14.3 Å².